The fourth-order valence-electron chi connectivity index (χ4n) is 3.91. The molecule has 2 aliphatic rings. The molecule has 1 saturated heterocycles. The van der Waals surface area contributed by atoms with Crippen molar-refractivity contribution >= 4 is 11.8 Å². The highest BCUT2D eigenvalue weighted by atomic mass is 19.3. The number of carbonyl (C=O) groups is 2. The van der Waals surface area contributed by atoms with E-state index in [9.17, 15) is 18.4 Å². The third kappa shape index (κ3) is 3.95. The molecule has 29 heavy (non-hydrogen) atoms. The molecule has 0 bridgehead atoms. The Morgan fingerprint density at radius 1 is 0.897 bits per heavy atom. The van der Waals surface area contributed by atoms with Crippen molar-refractivity contribution in [2.24, 2.45) is 0 Å². The van der Waals surface area contributed by atoms with E-state index < -0.39 is 12.0 Å². The standard InChI is InChI=1S/C22H22F2N2O3/c23-21(24)29-18-8-4-5-16(15-18)19(27)25-11-13-26(14-12-25)20(28)22(9-10-22)17-6-2-1-3-7-17/h1-8,15,21H,9-14H2. The van der Waals surface area contributed by atoms with Gasteiger partial charge in [0.15, 0.2) is 0 Å². The number of amides is 2. The predicted octanol–water partition coefficient (Wildman–Crippen LogP) is 3.30. The van der Waals surface area contributed by atoms with Crippen LogP contribution in [0, 0.1) is 0 Å². The van der Waals surface area contributed by atoms with E-state index in [1.807, 2.05) is 35.2 Å². The lowest BCUT2D eigenvalue weighted by Gasteiger charge is -2.36. The molecule has 0 radical (unpaired) electrons. The summed E-state index contributed by atoms with van der Waals surface area (Å²) >= 11 is 0. The van der Waals surface area contributed by atoms with E-state index in [1.54, 1.807) is 11.0 Å². The number of hydrogen-bond donors (Lipinski definition) is 0. The molecule has 0 atom stereocenters. The van der Waals surface area contributed by atoms with Gasteiger partial charge in [-0.05, 0) is 36.6 Å². The molecule has 4 rings (SSSR count). The quantitative estimate of drug-likeness (QED) is 0.774. The Hall–Kier alpha value is -2.96. The maximum atomic E-state index is 13.1. The second-order valence-electron chi connectivity index (χ2n) is 7.44. The first kappa shape index (κ1) is 19.4. The molecule has 2 fully saturated rings. The SMILES string of the molecule is O=C(c1cccc(OC(F)F)c1)N1CCN(C(=O)C2(c3ccccc3)CC2)CC1. The molecule has 1 heterocycles. The molecule has 1 aliphatic carbocycles. The van der Waals surface area contributed by atoms with Gasteiger partial charge in [-0.3, -0.25) is 9.59 Å². The summed E-state index contributed by atoms with van der Waals surface area (Å²) in [6, 6.07) is 15.6. The van der Waals surface area contributed by atoms with Gasteiger partial charge in [-0.15, -0.1) is 0 Å². The third-order valence-electron chi connectivity index (χ3n) is 5.65. The number of piperazine rings is 1. The fourth-order valence-corrected chi connectivity index (χ4v) is 3.91. The van der Waals surface area contributed by atoms with E-state index >= 15 is 0 Å². The van der Waals surface area contributed by atoms with Crippen molar-refractivity contribution in [2.75, 3.05) is 26.2 Å². The average molecular weight is 400 g/mol. The van der Waals surface area contributed by atoms with Crippen LogP contribution in [-0.2, 0) is 10.2 Å². The van der Waals surface area contributed by atoms with Gasteiger partial charge >= 0.3 is 6.61 Å². The summed E-state index contributed by atoms with van der Waals surface area (Å²) in [5, 5.41) is 0. The van der Waals surface area contributed by atoms with Crippen LogP contribution in [0.3, 0.4) is 0 Å². The lowest BCUT2D eigenvalue weighted by molar-refractivity contribution is -0.135. The molecular weight excluding hydrogens is 378 g/mol. The predicted molar refractivity (Wildman–Crippen MR) is 103 cm³/mol. The van der Waals surface area contributed by atoms with Crippen LogP contribution >= 0.6 is 0 Å². The van der Waals surface area contributed by atoms with Crippen LogP contribution in [0.2, 0.25) is 0 Å². The van der Waals surface area contributed by atoms with Gasteiger partial charge < -0.3 is 14.5 Å². The van der Waals surface area contributed by atoms with Gasteiger partial charge in [0, 0.05) is 31.7 Å². The highest BCUT2D eigenvalue weighted by Gasteiger charge is 2.53. The normalized spacial score (nSPS) is 17.9. The highest BCUT2D eigenvalue weighted by molar-refractivity contribution is 5.95. The van der Waals surface area contributed by atoms with Crippen molar-refractivity contribution in [1.82, 2.24) is 9.80 Å². The van der Waals surface area contributed by atoms with Gasteiger partial charge in [0.2, 0.25) is 5.91 Å². The number of carbonyl (C=O) groups excluding carboxylic acids is 2. The van der Waals surface area contributed by atoms with Gasteiger partial charge in [-0.1, -0.05) is 36.4 Å². The number of ether oxygens (including phenoxy) is 1. The zero-order valence-electron chi connectivity index (χ0n) is 15.9. The summed E-state index contributed by atoms with van der Waals surface area (Å²) < 4.78 is 29.2. The van der Waals surface area contributed by atoms with Crippen LogP contribution < -0.4 is 4.74 Å². The Kier molecular flexibility index (Phi) is 5.22. The number of rotatable bonds is 5. The van der Waals surface area contributed by atoms with Crippen molar-refractivity contribution < 1.29 is 23.1 Å². The maximum Gasteiger partial charge on any atom is 0.387 e. The lowest BCUT2D eigenvalue weighted by atomic mass is 9.94. The van der Waals surface area contributed by atoms with Crippen molar-refractivity contribution in [1.29, 1.82) is 0 Å². The summed E-state index contributed by atoms with van der Waals surface area (Å²) in [5.74, 6) is -0.165. The summed E-state index contributed by atoms with van der Waals surface area (Å²) in [5.41, 5.74) is 0.944. The number of alkyl halides is 2. The van der Waals surface area contributed by atoms with Crippen molar-refractivity contribution in [3.05, 3.63) is 65.7 Å². The summed E-state index contributed by atoms with van der Waals surface area (Å²) in [6.07, 6.45) is 1.71. The van der Waals surface area contributed by atoms with Gasteiger partial charge in [-0.2, -0.15) is 8.78 Å². The third-order valence-corrected chi connectivity index (χ3v) is 5.65. The maximum absolute atomic E-state index is 13.1. The number of benzene rings is 2. The van der Waals surface area contributed by atoms with E-state index in [0.717, 1.165) is 18.4 Å². The molecule has 1 saturated carbocycles. The molecule has 0 spiro atoms. The van der Waals surface area contributed by atoms with Gasteiger partial charge in [-0.25, -0.2) is 0 Å². The minimum absolute atomic E-state index is 0.0433. The molecule has 2 aromatic carbocycles. The van der Waals surface area contributed by atoms with Crippen molar-refractivity contribution in [2.45, 2.75) is 24.9 Å². The molecule has 1 aliphatic heterocycles. The Balaban J connectivity index is 1.38. The minimum Gasteiger partial charge on any atom is -0.435 e. The van der Waals surface area contributed by atoms with Gasteiger partial charge in [0.25, 0.3) is 5.91 Å². The molecular formula is C22H22F2N2O3. The first-order valence-corrected chi connectivity index (χ1v) is 9.69. The van der Waals surface area contributed by atoms with Crippen LogP contribution in [0.25, 0.3) is 0 Å². The van der Waals surface area contributed by atoms with Gasteiger partial charge in [0.1, 0.15) is 5.75 Å². The molecule has 152 valence electrons. The molecule has 5 nitrogen and oxygen atoms in total. The zero-order valence-corrected chi connectivity index (χ0v) is 15.9. The van der Waals surface area contributed by atoms with Crippen molar-refractivity contribution in [3.8, 4) is 5.75 Å². The van der Waals surface area contributed by atoms with E-state index in [1.165, 1.54) is 18.2 Å². The van der Waals surface area contributed by atoms with Crippen LogP contribution in [-0.4, -0.2) is 54.4 Å². The second-order valence-corrected chi connectivity index (χ2v) is 7.44. The average Bonchev–Trinajstić information content (AvgIpc) is 3.55. The first-order chi connectivity index (χ1) is 14.0. The minimum atomic E-state index is -2.94. The van der Waals surface area contributed by atoms with E-state index in [-0.39, 0.29) is 17.6 Å². The number of halogens is 2. The Morgan fingerprint density at radius 3 is 2.17 bits per heavy atom. The van der Waals surface area contributed by atoms with Gasteiger partial charge in [0.05, 0.1) is 5.41 Å². The molecule has 2 aromatic rings. The van der Waals surface area contributed by atoms with E-state index in [0.29, 0.717) is 31.7 Å². The molecule has 0 N–H and O–H groups in total. The second kappa shape index (κ2) is 7.81. The largest absolute Gasteiger partial charge is 0.435 e. The Labute approximate surface area is 167 Å². The molecule has 2 amide bonds. The molecule has 0 unspecified atom stereocenters. The fraction of sp³-hybridized carbons (Fsp3) is 0.364. The number of hydrogen-bond acceptors (Lipinski definition) is 3. The monoisotopic (exact) mass is 400 g/mol. The van der Waals surface area contributed by atoms with Crippen LogP contribution in [0.5, 0.6) is 5.75 Å². The van der Waals surface area contributed by atoms with Crippen LogP contribution in [0.4, 0.5) is 8.78 Å². The first-order valence-electron chi connectivity index (χ1n) is 9.69. The lowest BCUT2D eigenvalue weighted by Crippen LogP contribution is -2.53. The smallest absolute Gasteiger partial charge is 0.387 e. The topological polar surface area (TPSA) is 49.9 Å². The van der Waals surface area contributed by atoms with Crippen molar-refractivity contribution in [3.63, 3.8) is 0 Å². The summed E-state index contributed by atoms with van der Waals surface area (Å²) in [4.78, 5) is 29.3. The summed E-state index contributed by atoms with van der Waals surface area (Å²) in [6.45, 7) is -1.18. The number of nitrogens with zero attached hydrogens (tertiary/aromatic N) is 2. The van der Waals surface area contributed by atoms with Crippen LogP contribution in [0.1, 0.15) is 28.8 Å². The van der Waals surface area contributed by atoms with Crippen LogP contribution in [0.15, 0.2) is 54.6 Å². The van der Waals surface area contributed by atoms with E-state index in [2.05, 4.69) is 4.74 Å². The zero-order chi connectivity index (χ0) is 20.4. The molecule has 7 heteroatoms. The summed E-state index contributed by atoms with van der Waals surface area (Å²) in [7, 11) is 0. The molecule has 0 aromatic heterocycles. The highest BCUT2D eigenvalue weighted by Crippen LogP contribution is 2.49. The Morgan fingerprint density at radius 2 is 1.55 bits per heavy atom. The van der Waals surface area contributed by atoms with E-state index in [4.69, 9.17) is 0 Å². The Bertz CT molecular complexity index is 892.